The van der Waals surface area contributed by atoms with Crippen molar-refractivity contribution < 1.29 is 0 Å². The molecule has 21 heavy (non-hydrogen) atoms. The molecule has 0 saturated carbocycles. The molecule has 3 aromatic rings. The van der Waals surface area contributed by atoms with Gasteiger partial charge in [0, 0.05) is 11.3 Å². The van der Waals surface area contributed by atoms with Crippen LogP contribution in [0.5, 0.6) is 0 Å². The van der Waals surface area contributed by atoms with Gasteiger partial charge in [0.1, 0.15) is 0 Å². The highest BCUT2D eigenvalue weighted by atomic mass is 16.1. The van der Waals surface area contributed by atoms with Crippen molar-refractivity contribution in [1.29, 1.82) is 0 Å². The number of hydrogen-bond acceptors (Lipinski definition) is 2. The maximum Gasteiger partial charge on any atom is 0.277 e. The molecule has 2 heterocycles. The summed E-state index contributed by atoms with van der Waals surface area (Å²) in [6, 6.07) is 9.97. The fourth-order valence-electron chi connectivity index (χ4n) is 2.92. The number of aryl methyl sites for hydroxylation is 1. The summed E-state index contributed by atoms with van der Waals surface area (Å²) < 4.78 is 1.53. The molecule has 0 atom stereocenters. The smallest absolute Gasteiger partial charge is 0.277 e. The maximum absolute atomic E-state index is 12.4. The van der Waals surface area contributed by atoms with E-state index in [0.29, 0.717) is 5.95 Å². The molecule has 1 aromatic carbocycles. The van der Waals surface area contributed by atoms with E-state index in [1.807, 2.05) is 30.3 Å². The van der Waals surface area contributed by atoms with Crippen LogP contribution in [0.3, 0.4) is 0 Å². The van der Waals surface area contributed by atoms with Crippen molar-refractivity contribution in [3.8, 4) is 17.2 Å². The van der Waals surface area contributed by atoms with E-state index in [9.17, 15) is 4.79 Å². The Bertz CT molecular complexity index is 826. The highest BCUT2D eigenvalue weighted by Crippen LogP contribution is 2.19. The lowest BCUT2D eigenvalue weighted by Crippen LogP contribution is -2.19. The molecule has 0 spiro atoms. The summed E-state index contributed by atoms with van der Waals surface area (Å²) in [5, 5.41) is 3.19. The van der Waals surface area contributed by atoms with E-state index in [0.717, 1.165) is 48.2 Å². The molecular formula is C16H16N4O. The molecule has 0 amide bonds. The second kappa shape index (κ2) is 4.77. The zero-order valence-corrected chi connectivity index (χ0v) is 11.6. The van der Waals surface area contributed by atoms with Crippen LogP contribution in [0, 0.1) is 0 Å². The normalized spacial score (nSPS) is 14.1. The Balaban J connectivity index is 1.77. The molecular weight excluding hydrogens is 264 g/mol. The van der Waals surface area contributed by atoms with Gasteiger partial charge in [0.15, 0.2) is 0 Å². The van der Waals surface area contributed by atoms with E-state index in [4.69, 9.17) is 0 Å². The van der Waals surface area contributed by atoms with Crippen LogP contribution in [0.25, 0.3) is 17.2 Å². The number of nitrogens with zero attached hydrogens (tertiary/aromatic N) is 2. The molecule has 4 rings (SSSR count). The minimum absolute atomic E-state index is 0.0265. The number of hydrogen-bond donors (Lipinski definition) is 2. The van der Waals surface area contributed by atoms with E-state index in [1.165, 1.54) is 4.68 Å². The van der Waals surface area contributed by atoms with E-state index >= 15 is 0 Å². The van der Waals surface area contributed by atoms with Gasteiger partial charge in [0.2, 0.25) is 5.95 Å². The summed E-state index contributed by atoms with van der Waals surface area (Å²) in [6.07, 6.45) is 5.80. The average Bonchev–Trinajstić information content (AvgIpc) is 3.14. The molecule has 2 N–H and O–H groups in total. The van der Waals surface area contributed by atoms with Crippen LogP contribution in [-0.2, 0) is 12.8 Å². The van der Waals surface area contributed by atoms with Gasteiger partial charge in [0.05, 0.1) is 11.9 Å². The lowest BCUT2D eigenvalue weighted by Gasteiger charge is -2.07. The van der Waals surface area contributed by atoms with Crippen molar-refractivity contribution in [3.63, 3.8) is 0 Å². The Morgan fingerprint density at radius 2 is 1.90 bits per heavy atom. The van der Waals surface area contributed by atoms with E-state index in [-0.39, 0.29) is 5.56 Å². The van der Waals surface area contributed by atoms with Crippen LogP contribution in [0.2, 0.25) is 0 Å². The van der Waals surface area contributed by atoms with Gasteiger partial charge >= 0.3 is 0 Å². The standard InChI is InChI=1S/C16H16N4O/c21-15-12-8-4-5-9-13(12)19-20(15)16-17-10-14(18-16)11-6-2-1-3-7-11/h1-3,6-7,10,19H,4-5,8-9H2,(H,17,18). The highest BCUT2D eigenvalue weighted by Gasteiger charge is 2.19. The van der Waals surface area contributed by atoms with Gasteiger partial charge in [-0.1, -0.05) is 30.3 Å². The first kappa shape index (κ1) is 12.2. The number of aromatic nitrogens is 4. The molecule has 0 bridgehead atoms. The van der Waals surface area contributed by atoms with Crippen molar-refractivity contribution in [2.24, 2.45) is 0 Å². The average molecular weight is 280 g/mol. The first-order chi connectivity index (χ1) is 10.3. The van der Waals surface area contributed by atoms with Crippen LogP contribution in [0.4, 0.5) is 0 Å². The predicted molar refractivity (Wildman–Crippen MR) is 80.6 cm³/mol. The summed E-state index contributed by atoms with van der Waals surface area (Å²) in [5.41, 5.74) is 3.96. The second-order valence-corrected chi connectivity index (χ2v) is 5.40. The Labute approximate surface area is 121 Å². The molecule has 106 valence electrons. The molecule has 0 saturated heterocycles. The largest absolute Gasteiger partial charge is 0.322 e. The van der Waals surface area contributed by atoms with Gasteiger partial charge < -0.3 is 4.98 Å². The van der Waals surface area contributed by atoms with Crippen molar-refractivity contribution >= 4 is 0 Å². The fraction of sp³-hybridized carbons (Fsp3) is 0.250. The SMILES string of the molecule is O=c1c2c([nH]n1-c1ncc(-c3ccccc3)[nH]1)CCCC2. The molecule has 0 radical (unpaired) electrons. The number of aromatic amines is 2. The van der Waals surface area contributed by atoms with E-state index < -0.39 is 0 Å². The lowest BCUT2D eigenvalue weighted by atomic mass is 9.98. The molecule has 0 aliphatic heterocycles. The summed E-state index contributed by atoms with van der Waals surface area (Å²) in [4.78, 5) is 20.0. The number of fused-ring (bicyclic) bond motifs is 1. The van der Waals surface area contributed by atoms with Crippen LogP contribution >= 0.6 is 0 Å². The summed E-state index contributed by atoms with van der Waals surface area (Å²) >= 11 is 0. The fourth-order valence-corrected chi connectivity index (χ4v) is 2.92. The first-order valence-electron chi connectivity index (χ1n) is 7.26. The Morgan fingerprint density at radius 3 is 2.71 bits per heavy atom. The minimum atomic E-state index is 0.0265. The molecule has 2 aromatic heterocycles. The summed E-state index contributed by atoms with van der Waals surface area (Å²) in [6.45, 7) is 0. The second-order valence-electron chi connectivity index (χ2n) is 5.40. The van der Waals surface area contributed by atoms with Gasteiger partial charge in [-0.15, -0.1) is 0 Å². The molecule has 1 aliphatic carbocycles. The Morgan fingerprint density at radius 1 is 1.10 bits per heavy atom. The van der Waals surface area contributed by atoms with Gasteiger partial charge in [-0.25, -0.2) is 4.98 Å². The maximum atomic E-state index is 12.4. The van der Waals surface area contributed by atoms with Gasteiger partial charge in [0.25, 0.3) is 5.56 Å². The summed E-state index contributed by atoms with van der Waals surface area (Å²) in [5.74, 6) is 0.549. The van der Waals surface area contributed by atoms with Crippen LogP contribution in [0.15, 0.2) is 41.3 Å². The number of nitrogens with one attached hydrogen (secondary N) is 2. The van der Waals surface area contributed by atoms with Crippen molar-refractivity contribution in [2.75, 3.05) is 0 Å². The van der Waals surface area contributed by atoms with Gasteiger partial charge in [-0.05, 0) is 31.2 Å². The van der Waals surface area contributed by atoms with Gasteiger partial charge in [-0.2, -0.15) is 4.68 Å². The summed E-state index contributed by atoms with van der Waals surface area (Å²) in [7, 11) is 0. The molecule has 0 fully saturated rings. The quantitative estimate of drug-likeness (QED) is 0.757. The van der Waals surface area contributed by atoms with Crippen molar-refractivity contribution in [1.82, 2.24) is 19.7 Å². The third kappa shape index (κ3) is 2.01. The molecule has 5 nitrogen and oxygen atoms in total. The first-order valence-corrected chi connectivity index (χ1v) is 7.26. The lowest BCUT2D eigenvalue weighted by molar-refractivity contribution is 0.669. The third-order valence-corrected chi connectivity index (χ3v) is 4.03. The van der Waals surface area contributed by atoms with E-state index in [1.54, 1.807) is 6.20 Å². The number of imidazole rings is 1. The topological polar surface area (TPSA) is 66.5 Å². The molecule has 0 unspecified atom stereocenters. The van der Waals surface area contributed by atoms with Crippen molar-refractivity contribution in [3.05, 3.63) is 58.1 Å². The number of rotatable bonds is 2. The van der Waals surface area contributed by atoms with Crippen LogP contribution in [0.1, 0.15) is 24.1 Å². The predicted octanol–water partition coefficient (Wildman–Crippen LogP) is 2.43. The third-order valence-electron chi connectivity index (χ3n) is 4.03. The Hall–Kier alpha value is -2.56. The zero-order chi connectivity index (χ0) is 14.2. The zero-order valence-electron chi connectivity index (χ0n) is 11.6. The molecule has 5 heteroatoms. The van der Waals surface area contributed by atoms with Crippen LogP contribution in [-0.4, -0.2) is 19.7 Å². The van der Waals surface area contributed by atoms with Crippen LogP contribution < -0.4 is 5.56 Å². The highest BCUT2D eigenvalue weighted by molar-refractivity contribution is 5.58. The monoisotopic (exact) mass is 280 g/mol. The van der Waals surface area contributed by atoms with Crippen molar-refractivity contribution in [2.45, 2.75) is 25.7 Å². The number of H-pyrrole nitrogens is 2. The Kier molecular flexibility index (Phi) is 2.77. The minimum Gasteiger partial charge on any atom is -0.322 e. The number of benzene rings is 1. The molecule has 1 aliphatic rings. The van der Waals surface area contributed by atoms with Gasteiger partial charge in [-0.3, -0.25) is 9.89 Å². The van der Waals surface area contributed by atoms with E-state index in [2.05, 4.69) is 15.1 Å².